The molecular weight excluding hydrogens is 262 g/mol. The third-order valence-electron chi connectivity index (χ3n) is 3.65. The van der Waals surface area contributed by atoms with Crippen LogP contribution in [0.25, 0.3) is 22.8 Å². The summed E-state index contributed by atoms with van der Waals surface area (Å²) in [7, 11) is 0. The van der Waals surface area contributed by atoms with Gasteiger partial charge >= 0.3 is 0 Å². The van der Waals surface area contributed by atoms with Crippen LogP contribution in [0.2, 0.25) is 0 Å². The molecule has 2 N–H and O–H groups in total. The molecule has 1 heterocycles. The fourth-order valence-electron chi connectivity index (χ4n) is 2.23. The fraction of sp³-hybridized carbons (Fsp3) is 0.176. The molecule has 0 saturated heterocycles. The number of hydrogen-bond acceptors (Lipinski definition) is 4. The average Bonchev–Trinajstić information content (AvgIpc) is 3.00. The largest absolute Gasteiger partial charge is 0.398 e. The normalized spacial score (nSPS) is 10.8. The van der Waals surface area contributed by atoms with Gasteiger partial charge in [0.05, 0.1) is 0 Å². The Balaban J connectivity index is 1.97. The molecule has 2 aromatic carbocycles. The van der Waals surface area contributed by atoms with E-state index in [1.807, 2.05) is 37.3 Å². The van der Waals surface area contributed by atoms with Crippen LogP contribution in [0.15, 0.2) is 47.0 Å². The number of aromatic nitrogens is 2. The van der Waals surface area contributed by atoms with Crippen molar-refractivity contribution in [2.24, 2.45) is 0 Å². The van der Waals surface area contributed by atoms with Crippen LogP contribution in [0.1, 0.15) is 18.1 Å². The second kappa shape index (κ2) is 5.40. The molecule has 3 rings (SSSR count). The molecule has 0 aliphatic heterocycles. The second-order valence-electron chi connectivity index (χ2n) is 4.99. The monoisotopic (exact) mass is 279 g/mol. The number of aryl methyl sites for hydroxylation is 1. The molecule has 0 aliphatic carbocycles. The zero-order chi connectivity index (χ0) is 14.8. The van der Waals surface area contributed by atoms with E-state index >= 15 is 0 Å². The predicted octanol–water partition coefficient (Wildman–Crippen LogP) is 3.86. The van der Waals surface area contributed by atoms with Crippen LogP contribution in [-0.4, -0.2) is 10.1 Å². The lowest BCUT2D eigenvalue weighted by atomic mass is 10.1. The zero-order valence-electron chi connectivity index (χ0n) is 12.1. The minimum atomic E-state index is 0.523. The highest BCUT2D eigenvalue weighted by Crippen LogP contribution is 2.27. The number of nitrogens with zero attached hydrogens (tertiary/aromatic N) is 2. The summed E-state index contributed by atoms with van der Waals surface area (Å²) in [6.07, 6.45) is 1.01. The van der Waals surface area contributed by atoms with E-state index in [-0.39, 0.29) is 0 Å². The predicted molar refractivity (Wildman–Crippen MR) is 83.7 cm³/mol. The molecule has 0 fully saturated rings. The Morgan fingerprint density at radius 1 is 1.10 bits per heavy atom. The van der Waals surface area contributed by atoms with E-state index in [4.69, 9.17) is 10.3 Å². The van der Waals surface area contributed by atoms with Crippen molar-refractivity contribution >= 4 is 5.69 Å². The molecule has 0 saturated carbocycles. The Kier molecular flexibility index (Phi) is 3.44. The maximum atomic E-state index is 5.92. The third kappa shape index (κ3) is 2.52. The molecule has 0 aliphatic rings. The quantitative estimate of drug-likeness (QED) is 0.739. The molecule has 1 aromatic heterocycles. The van der Waals surface area contributed by atoms with Crippen LogP contribution in [0.3, 0.4) is 0 Å². The molecule has 4 heteroatoms. The first-order chi connectivity index (χ1) is 10.2. The van der Waals surface area contributed by atoms with Crippen molar-refractivity contribution in [2.75, 3.05) is 5.73 Å². The number of rotatable bonds is 3. The maximum Gasteiger partial charge on any atom is 0.258 e. The van der Waals surface area contributed by atoms with Crippen LogP contribution in [0, 0.1) is 6.92 Å². The number of hydrogen-bond donors (Lipinski definition) is 1. The highest BCUT2D eigenvalue weighted by Gasteiger charge is 2.13. The van der Waals surface area contributed by atoms with Crippen LogP contribution in [-0.2, 0) is 6.42 Å². The summed E-state index contributed by atoms with van der Waals surface area (Å²) in [5.41, 5.74) is 10.7. The van der Waals surface area contributed by atoms with E-state index in [9.17, 15) is 0 Å². The number of nitrogens with two attached hydrogens (primary N) is 1. The Morgan fingerprint density at radius 2 is 1.86 bits per heavy atom. The van der Waals surface area contributed by atoms with E-state index in [2.05, 4.69) is 29.2 Å². The highest BCUT2D eigenvalue weighted by molar-refractivity contribution is 5.68. The Hall–Kier alpha value is -2.62. The molecular formula is C17H17N3O. The van der Waals surface area contributed by atoms with Gasteiger partial charge in [-0.2, -0.15) is 4.98 Å². The lowest BCUT2D eigenvalue weighted by molar-refractivity contribution is 0.432. The molecule has 21 heavy (non-hydrogen) atoms. The molecule has 0 radical (unpaired) electrons. The minimum Gasteiger partial charge on any atom is -0.398 e. The molecule has 4 nitrogen and oxygen atoms in total. The molecule has 3 aromatic rings. The van der Waals surface area contributed by atoms with Gasteiger partial charge in [-0.05, 0) is 42.7 Å². The smallest absolute Gasteiger partial charge is 0.258 e. The number of nitrogen functional groups attached to an aromatic ring is 1. The van der Waals surface area contributed by atoms with Crippen LogP contribution < -0.4 is 5.73 Å². The van der Waals surface area contributed by atoms with E-state index in [0.29, 0.717) is 11.7 Å². The average molecular weight is 279 g/mol. The van der Waals surface area contributed by atoms with Gasteiger partial charge in [0.15, 0.2) is 0 Å². The van der Waals surface area contributed by atoms with Crippen molar-refractivity contribution < 1.29 is 4.52 Å². The number of benzene rings is 2. The summed E-state index contributed by atoms with van der Waals surface area (Å²) < 4.78 is 5.37. The van der Waals surface area contributed by atoms with Crippen LogP contribution in [0.4, 0.5) is 5.69 Å². The van der Waals surface area contributed by atoms with Gasteiger partial charge in [-0.15, -0.1) is 0 Å². The fourth-order valence-corrected chi connectivity index (χ4v) is 2.23. The second-order valence-corrected chi connectivity index (χ2v) is 4.99. The van der Waals surface area contributed by atoms with Gasteiger partial charge in [-0.1, -0.05) is 36.3 Å². The summed E-state index contributed by atoms with van der Waals surface area (Å²) in [5.74, 6) is 1.09. The first-order valence-corrected chi connectivity index (χ1v) is 6.97. The summed E-state index contributed by atoms with van der Waals surface area (Å²) in [6, 6.07) is 13.9. The van der Waals surface area contributed by atoms with E-state index in [1.54, 1.807) is 0 Å². The van der Waals surface area contributed by atoms with Gasteiger partial charge in [-0.25, -0.2) is 0 Å². The highest BCUT2D eigenvalue weighted by atomic mass is 16.5. The standard InChI is InChI=1S/C17H17N3O/c1-3-12-7-9-13(10-8-12)17-19-16(20-21-17)14-5-4-6-15(18)11(14)2/h4-10H,3,18H2,1-2H3. The summed E-state index contributed by atoms with van der Waals surface area (Å²) in [4.78, 5) is 4.47. The third-order valence-corrected chi connectivity index (χ3v) is 3.65. The molecule has 0 unspecified atom stereocenters. The van der Waals surface area contributed by atoms with Crippen LogP contribution >= 0.6 is 0 Å². The van der Waals surface area contributed by atoms with E-state index in [0.717, 1.165) is 28.8 Å². The molecule has 0 atom stereocenters. The SMILES string of the molecule is CCc1ccc(-c2nc(-c3cccc(N)c3C)no2)cc1. The van der Waals surface area contributed by atoms with Gasteiger partial charge in [0.2, 0.25) is 5.82 Å². The maximum absolute atomic E-state index is 5.92. The Bertz CT molecular complexity index is 760. The zero-order valence-corrected chi connectivity index (χ0v) is 12.1. The molecule has 0 amide bonds. The van der Waals surface area contributed by atoms with Gasteiger partial charge in [0.1, 0.15) is 0 Å². The van der Waals surface area contributed by atoms with Crippen molar-refractivity contribution in [1.82, 2.24) is 10.1 Å². The summed E-state index contributed by atoms with van der Waals surface area (Å²) >= 11 is 0. The van der Waals surface area contributed by atoms with Gasteiger partial charge in [0.25, 0.3) is 5.89 Å². The van der Waals surface area contributed by atoms with E-state index in [1.165, 1.54) is 5.56 Å². The molecule has 106 valence electrons. The summed E-state index contributed by atoms with van der Waals surface area (Å²) in [5, 5.41) is 4.07. The first kappa shape index (κ1) is 13.4. The number of anilines is 1. The Labute approximate surface area is 123 Å². The first-order valence-electron chi connectivity index (χ1n) is 6.97. The molecule has 0 bridgehead atoms. The van der Waals surface area contributed by atoms with Gasteiger partial charge in [-0.3, -0.25) is 0 Å². The van der Waals surface area contributed by atoms with Gasteiger partial charge < -0.3 is 10.3 Å². The van der Waals surface area contributed by atoms with Crippen molar-refractivity contribution in [3.8, 4) is 22.8 Å². The summed E-state index contributed by atoms with van der Waals surface area (Å²) in [6.45, 7) is 4.08. The van der Waals surface area contributed by atoms with Crippen molar-refractivity contribution in [1.29, 1.82) is 0 Å². The van der Waals surface area contributed by atoms with Crippen LogP contribution in [0.5, 0.6) is 0 Å². The lowest BCUT2D eigenvalue weighted by Crippen LogP contribution is -1.92. The van der Waals surface area contributed by atoms with Gasteiger partial charge in [0, 0.05) is 16.8 Å². The molecule has 0 spiro atoms. The van der Waals surface area contributed by atoms with Crippen molar-refractivity contribution in [3.05, 3.63) is 53.6 Å². The topological polar surface area (TPSA) is 64.9 Å². The Morgan fingerprint density at radius 3 is 2.57 bits per heavy atom. The lowest BCUT2D eigenvalue weighted by Gasteiger charge is -2.03. The van der Waals surface area contributed by atoms with E-state index < -0.39 is 0 Å². The van der Waals surface area contributed by atoms with Crippen molar-refractivity contribution in [2.45, 2.75) is 20.3 Å². The minimum absolute atomic E-state index is 0.523. The van der Waals surface area contributed by atoms with Crippen molar-refractivity contribution in [3.63, 3.8) is 0 Å².